The zero-order chi connectivity index (χ0) is 17.9. The van der Waals surface area contributed by atoms with Gasteiger partial charge in [-0.1, -0.05) is 18.2 Å². The lowest BCUT2D eigenvalue weighted by Crippen LogP contribution is -2.38. The Bertz CT molecular complexity index is 872. The molecule has 2 heterocycles. The van der Waals surface area contributed by atoms with Crippen LogP contribution in [0.5, 0.6) is 5.75 Å². The van der Waals surface area contributed by atoms with Gasteiger partial charge in [-0.25, -0.2) is 8.42 Å². The van der Waals surface area contributed by atoms with Crippen LogP contribution in [0.4, 0.5) is 0 Å². The maximum atomic E-state index is 12.3. The fraction of sp³-hybridized carbons (Fsp3) is 0.294. The standard InChI is InChI=1S/C17H19N3O4S/c1-24-15-5-3-2-4-13(15)8-9-18-17(21)14-6-7-16-19-25(22,23)11-10-20(16)12-14/h2-7,12H,8-11H2,1H3,(H,18,21). The van der Waals surface area contributed by atoms with Crippen molar-refractivity contribution in [2.24, 2.45) is 4.40 Å². The van der Waals surface area contributed by atoms with Gasteiger partial charge >= 0.3 is 0 Å². The van der Waals surface area contributed by atoms with Crippen molar-refractivity contribution in [3.8, 4) is 5.75 Å². The van der Waals surface area contributed by atoms with Crippen LogP contribution in [0.2, 0.25) is 0 Å². The smallest absolute Gasteiger partial charge is 0.256 e. The predicted octanol–water partition coefficient (Wildman–Crippen LogP) is 0.852. The number of fused-ring (bicyclic) bond motifs is 1. The first-order valence-electron chi connectivity index (χ1n) is 7.88. The van der Waals surface area contributed by atoms with E-state index >= 15 is 0 Å². The number of benzene rings is 1. The molecule has 1 N–H and O–H groups in total. The molecule has 0 bridgehead atoms. The first kappa shape index (κ1) is 17.2. The van der Waals surface area contributed by atoms with Gasteiger partial charge in [0.1, 0.15) is 11.6 Å². The summed E-state index contributed by atoms with van der Waals surface area (Å²) in [5, 5.41) is 2.87. The molecule has 3 rings (SSSR count). The van der Waals surface area contributed by atoms with Crippen molar-refractivity contribution in [3.63, 3.8) is 0 Å². The normalized spacial score (nSPS) is 18.0. The lowest BCUT2D eigenvalue weighted by molar-refractivity contribution is -0.117. The van der Waals surface area contributed by atoms with Crippen LogP contribution >= 0.6 is 0 Å². The lowest BCUT2D eigenvalue weighted by atomic mass is 10.1. The summed E-state index contributed by atoms with van der Waals surface area (Å²) in [6.45, 7) is 0.767. The molecule has 25 heavy (non-hydrogen) atoms. The SMILES string of the molecule is COc1ccccc1CCNC(=O)C1=CN2CCS(=O)(=O)N=C2C=C1. The summed E-state index contributed by atoms with van der Waals surface area (Å²) in [4.78, 5) is 14.0. The van der Waals surface area contributed by atoms with Crippen molar-refractivity contribution in [3.05, 3.63) is 53.8 Å². The summed E-state index contributed by atoms with van der Waals surface area (Å²) < 4.78 is 32.0. The molecule has 1 aromatic rings. The van der Waals surface area contributed by atoms with Gasteiger partial charge in [0.25, 0.3) is 15.9 Å². The third-order valence-electron chi connectivity index (χ3n) is 3.96. The number of carbonyl (C=O) groups is 1. The Kier molecular flexibility index (Phi) is 4.89. The fourth-order valence-electron chi connectivity index (χ4n) is 2.66. The third kappa shape index (κ3) is 4.08. The fourth-order valence-corrected chi connectivity index (χ4v) is 3.63. The zero-order valence-electron chi connectivity index (χ0n) is 13.8. The number of carbonyl (C=O) groups excluding carboxylic acids is 1. The van der Waals surface area contributed by atoms with Crippen molar-refractivity contribution < 1.29 is 17.9 Å². The van der Waals surface area contributed by atoms with Crippen molar-refractivity contribution in [2.75, 3.05) is 26.0 Å². The van der Waals surface area contributed by atoms with E-state index in [4.69, 9.17) is 4.74 Å². The van der Waals surface area contributed by atoms with Crippen LogP contribution in [0.1, 0.15) is 5.56 Å². The molecule has 132 valence electrons. The number of nitrogens with zero attached hydrogens (tertiary/aromatic N) is 2. The van der Waals surface area contributed by atoms with E-state index in [9.17, 15) is 13.2 Å². The number of amidine groups is 1. The molecule has 7 nitrogen and oxygen atoms in total. The molecule has 0 unspecified atom stereocenters. The van der Waals surface area contributed by atoms with Crippen LogP contribution in [0, 0.1) is 0 Å². The number of sulfonamides is 1. The Morgan fingerprint density at radius 2 is 2.12 bits per heavy atom. The summed E-state index contributed by atoms with van der Waals surface area (Å²) >= 11 is 0. The van der Waals surface area contributed by atoms with E-state index in [1.165, 1.54) is 0 Å². The van der Waals surface area contributed by atoms with E-state index in [1.54, 1.807) is 30.4 Å². The molecule has 8 heteroatoms. The van der Waals surface area contributed by atoms with E-state index in [0.29, 0.717) is 30.9 Å². The van der Waals surface area contributed by atoms with Crippen molar-refractivity contribution >= 4 is 21.8 Å². The van der Waals surface area contributed by atoms with E-state index < -0.39 is 10.0 Å². The number of hydrogen-bond acceptors (Lipinski definition) is 5. The highest BCUT2D eigenvalue weighted by Gasteiger charge is 2.24. The molecule has 0 fully saturated rings. The molecule has 1 aromatic carbocycles. The quantitative estimate of drug-likeness (QED) is 0.840. The van der Waals surface area contributed by atoms with Gasteiger partial charge in [0.05, 0.1) is 18.4 Å². The van der Waals surface area contributed by atoms with Crippen molar-refractivity contribution in [1.29, 1.82) is 0 Å². The Morgan fingerprint density at radius 3 is 2.92 bits per heavy atom. The second-order valence-electron chi connectivity index (χ2n) is 5.66. The lowest BCUT2D eigenvalue weighted by Gasteiger charge is -2.26. The number of hydrogen-bond donors (Lipinski definition) is 1. The molecule has 0 aliphatic carbocycles. The molecule has 0 saturated heterocycles. The van der Waals surface area contributed by atoms with Crippen LogP contribution in [0.15, 0.2) is 52.6 Å². The summed E-state index contributed by atoms with van der Waals surface area (Å²) in [6.07, 6.45) is 5.41. The molecule has 0 atom stereocenters. The number of nitrogens with one attached hydrogen (secondary N) is 1. The average molecular weight is 361 g/mol. The Morgan fingerprint density at radius 1 is 1.32 bits per heavy atom. The number of ether oxygens (including phenoxy) is 1. The zero-order valence-corrected chi connectivity index (χ0v) is 14.6. The van der Waals surface area contributed by atoms with Crippen LogP contribution in [0.3, 0.4) is 0 Å². The maximum Gasteiger partial charge on any atom is 0.256 e. The minimum atomic E-state index is -3.39. The predicted molar refractivity (Wildman–Crippen MR) is 94.9 cm³/mol. The first-order chi connectivity index (χ1) is 12.0. The topological polar surface area (TPSA) is 88.1 Å². The molecule has 1 amide bonds. The van der Waals surface area contributed by atoms with Gasteiger partial charge in [-0.3, -0.25) is 4.79 Å². The van der Waals surface area contributed by atoms with Crippen LogP contribution in [0.25, 0.3) is 0 Å². The second kappa shape index (κ2) is 7.10. The highest BCUT2D eigenvalue weighted by molar-refractivity contribution is 7.90. The number of para-hydroxylation sites is 1. The number of methoxy groups -OCH3 is 1. The molecule has 2 aliphatic heterocycles. The van der Waals surface area contributed by atoms with Gasteiger partial charge in [0.15, 0.2) is 0 Å². The second-order valence-corrected chi connectivity index (χ2v) is 7.42. The Labute approximate surface area is 146 Å². The molecular weight excluding hydrogens is 342 g/mol. The minimum Gasteiger partial charge on any atom is -0.496 e. The van der Waals surface area contributed by atoms with E-state index in [2.05, 4.69) is 9.71 Å². The summed E-state index contributed by atoms with van der Waals surface area (Å²) in [5.74, 6) is 0.878. The molecule has 0 spiro atoms. The average Bonchev–Trinajstić information content (AvgIpc) is 2.61. The van der Waals surface area contributed by atoms with Gasteiger partial charge < -0.3 is 15.0 Å². The van der Waals surface area contributed by atoms with Gasteiger partial charge in [0, 0.05) is 19.3 Å². The Balaban J connectivity index is 1.60. The van der Waals surface area contributed by atoms with Gasteiger partial charge in [-0.2, -0.15) is 0 Å². The van der Waals surface area contributed by atoms with E-state index in [1.807, 2.05) is 24.3 Å². The number of amides is 1. The highest BCUT2D eigenvalue weighted by atomic mass is 32.2. The van der Waals surface area contributed by atoms with Crippen molar-refractivity contribution in [2.45, 2.75) is 6.42 Å². The molecule has 0 aromatic heterocycles. The van der Waals surface area contributed by atoms with Gasteiger partial charge in [-0.15, -0.1) is 4.40 Å². The molecule has 2 aliphatic rings. The third-order valence-corrected chi connectivity index (χ3v) is 5.12. The van der Waals surface area contributed by atoms with E-state index in [-0.39, 0.29) is 11.7 Å². The van der Waals surface area contributed by atoms with Crippen LogP contribution < -0.4 is 10.1 Å². The summed E-state index contributed by atoms with van der Waals surface area (Å²) in [7, 11) is -1.77. The largest absolute Gasteiger partial charge is 0.496 e. The molecular formula is C17H19N3O4S. The van der Waals surface area contributed by atoms with Gasteiger partial charge in [0.2, 0.25) is 0 Å². The molecule has 0 saturated carbocycles. The first-order valence-corrected chi connectivity index (χ1v) is 9.49. The van der Waals surface area contributed by atoms with Crippen molar-refractivity contribution in [1.82, 2.24) is 10.2 Å². The van der Waals surface area contributed by atoms with Gasteiger partial charge in [-0.05, 0) is 30.2 Å². The minimum absolute atomic E-state index is 0.0520. The van der Waals surface area contributed by atoms with Crippen LogP contribution in [-0.4, -0.2) is 51.0 Å². The summed E-state index contributed by atoms with van der Waals surface area (Å²) in [6, 6.07) is 7.67. The van der Waals surface area contributed by atoms with Crippen LogP contribution in [-0.2, 0) is 21.2 Å². The maximum absolute atomic E-state index is 12.3. The Hall–Kier alpha value is -2.61. The summed E-state index contributed by atoms with van der Waals surface area (Å²) in [5.41, 5.74) is 1.49. The highest BCUT2D eigenvalue weighted by Crippen LogP contribution is 2.18. The number of rotatable bonds is 5. The van der Waals surface area contributed by atoms with E-state index in [0.717, 1.165) is 11.3 Å². The monoisotopic (exact) mass is 361 g/mol. The molecule has 0 radical (unpaired) electrons.